The fraction of sp³-hybridized carbons (Fsp3) is 0.250. The molecule has 2 N–H and O–H groups in total. The predicted molar refractivity (Wildman–Crippen MR) is 114 cm³/mol. The molecule has 0 amide bonds. The van der Waals surface area contributed by atoms with E-state index in [-0.39, 0.29) is 6.04 Å². The third-order valence-corrected chi connectivity index (χ3v) is 5.23. The number of nitrogens with one attached hydrogen (secondary N) is 2. The van der Waals surface area contributed by atoms with Gasteiger partial charge in [0.25, 0.3) is 0 Å². The van der Waals surface area contributed by atoms with Crippen molar-refractivity contribution in [2.75, 3.05) is 18.2 Å². The maximum absolute atomic E-state index is 11.6. The molecule has 0 aliphatic carbocycles. The van der Waals surface area contributed by atoms with Crippen LogP contribution in [0.15, 0.2) is 66.1 Å². The van der Waals surface area contributed by atoms with E-state index in [0.717, 1.165) is 23.4 Å². The molecule has 5 nitrogen and oxygen atoms in total. The molecular weight excluding hydrogens is 380 g/mol. The maximum atomic E-state index is 11.6. The highest BCUT2D eigenvalue weighted by Gasteiger charge is 2.13. The minimum absolute atomic E-state index is 0.0289. The summed E-state index contributed by atoms with van der Waals surface area (Å²) >= 11 is 5.42. The van der Waals surface area contributed by atoms with Crippen molar-refractivity contribution in [1.82, 2.24) is 5.32 Å². The van der Waals surface area contributed by atoms with Gasteiger partial charge in [0.2, 0.25) is 0 Å². The molecule has 144 valence electrons. The van der Waals surface area contributed by atoms with E-state index in [9.17, 15) is 8.42 Å². The fourth-order valence-corrected chi connectivity index (χ4v) is 3.40. The largest absolute Gasteiger partial charge is 0.489 e. The Labute approximate surface area is 166 Å². The molecule has 0 radical (unpaired) electrons. The van der Waals surface area contributed by atoms with Crippen molar-refractivity contribution in [3.8, 4) is 5.75 Å². The zero-order valence-corrected chi connectivity index (χ0v) is 17.1. The van der Waals surface area contributed by atoms with Gasteiger partial charge in [0, 0.05) is 18.0 Å². The van der Waals surface area contributed by atoms with Crippen LogP contribution in [0.4, 0.5) is 5.69 Å². The number of ether oxygens (including phenoxy) is 1. The number of sulfone groups is 1. The first-order valence-electron chi connectivity index (χ1n) is 8.54. The van der Waals surface area contributed by atoms with E-state index in [0.29, 0.717) is 16.6 Å². The van der Waals surface area contributed by atoms with Crippen LogP contribution in [0.25, 0.3) is 0 Å². The molecule has 7 heteroatoms. The van der Waals surface area contributed by atoms with Crippen molar-refractivity contribution in [2.45, 2.75) is 24.3 Å². The number of rotatable bonds is 8. The second kappa shape index (κ2) is 9.53. The van der Waals surface area contributed by atoms with Gasteiger partial charge in [-0.3, -0.25) is 0 Å². The van der Waals surface area contributed by atoms with Crippen LogP contribution in [0.2, 0.25) is 0 Å². The van der Waals surface area contributed by atoms with E-state index in [4.69, 9.17) is 17.0 Å². The summed E-state index contributed by atoms with van der Waals surface area (Å²) in [6, 6.07) is 14.3. The van der Waals surface area contributed by atoms with Crippen molar-refractivity contribution < 1.29 is 13.2 Å². The van der Waals surface area contributed by atoms with E-state index < -0.39 is 9.84 Å². The quantitative estimate of drug-likeness (QED) is 0.510. The van der Waals surface area contributed by atoms with Crippen LogP contribution in [0.5, 0.6) is 5.75 Å². The predicted octanol–water partition coefficient (Wildman–Crippen LogP) is 4.09. The third kappa shape index (κ3) is 6.37. The molecule has 0 saturated heterocycles. The second-order valence-corrected chi connectivity index (χ2v) is 8.45. The van der Waals surface area contributed by atoms with Crippen molar-refractivity contribution in [3.63, 3.8) is 0 Å². The Bertz CT molecular complexity index is 894. The molecular formula is C20H24N2O3S2. The van der Waals surface area contributed by atoms with Gasteiger partial charge in [-0.25, -0.2) is 8.42 Å². The van der Waals surface area contributed by atoms with Gasteiger partial charge in [-0.15, -0.1) is 0 Å². The van der Waals surface area contributed by atoms with Gasteiger partial charge in [0.15, 0.2) is 14.9 Å². The molecule has 0 saturated carbocycles. The van der Waals surface area contributed by atoms with Crippen LogP contribution in [-0.2, 0) is 9.84 Å². The molecule has 2 aromatic carbocycles. The first-order chi connectivity index (χ1) is 12.8. The molecule has 1 unspecified atom stereocenters. The molecule has 0 fully saturated rings. The third-order valence-electron chi connectivity index (χ3n) is 3.88. The first kappa shape index (κ1) is 20.9. The molecule has 2 aromatic rings. The van der Waals surface area contributed by atoms with Gasteiger partial charge in [-0.1, -0.05) is 37.8 Å². The summed E-state index contributed by atoms with van der Waals surface area (Å²) in [6.07, 6.45) is 3.68. The molecule has 0 spiro atoms. The van der Waals surface area contributed by atoms with Gasteiger partial charge < -0.3 is 15.4 Å². The summed E-state index contributed by atoms with van der Waals surface area (Å²) in [5, 5.41) is 6.90. The monoisotopic (exact) mass is 404 g/mol. The maximum Gasteiger partial charge on any atom is 0.175 e. The highest BCUT2D eigenvalue weighted by atomic mass is 32.2. The molecule has 0 bridgehead atoms. The minimum atomic E-state index is -3.20. The summed E-state index contributed by atoms with van der Waals surface area (Å²) in [7, 11) is -3.20. The summed E-state index contributed by atoms with van der Waals surface area (Å²) in [4.78, 5) is 0.304. The number of thiocarbonyl (C=S) groups is 1. The Morgan fingerprint density at radius 2 is 1.96 bits per heavy atom. The average Bonchev–Trinajstić information content (AvgIpc) is 2.64. The Morgan fingerprint density at radius 1 is 1.26 bits per heavy atom. The van der Waals surface area contributed by atoms with E-state index >= 15 is 0 Å². The van der Waals surface area contributed by atoms with Crippen LogP contribution in [0, 0.1) is 0 Å². The first-order valence-corrected chi connectivity index (χ1v) is 10.8. The van der Waals surface area contributed by atoms with Gasteiger partial charge >= 0.3 is 0 Å². The van der Waals surface area contributed by atoms with Gasteiger partial charge in [0.1, 0.15) is 12.4 Å². The Kier molecular flexibility index (Phi) is 7.38. The van der Waals surface area contributed by atoms with E-state index in [1.807, 2.05) is 43.3 Å². The molecule has 0 aromatic heterocycles. The summed E-state index contributed by atoms with van der Waals surface area (Å²) in [5.41, 5.74) is 1.79. The number of hydrogen-bond donors (Lipinski definition) is 2. The molecule has 0 aliphatic rings. The van der Waals surface area contributed by atoms with Crippen LogP contribution in [0.3, 0.4) is 0 Å². The van der Waals surface area contributed by atoms with Gasteiger partial charge in [-0.2, -0.15) is 0 Å². The zero-order chi connectivity index (χ0) is 19.9. The van der Waals surface area contributed by atoms with Crippen molar-refractivity contribution in [2.24, 2.45) is 0 Å². The lowest BCUT2D eigenvalue weighted by atomic mass is 10.1. The number of hydrogen-bond acceptors (Lipinski definition) is 4. The molecule has 1 atom stereocenters. The van der Waals surface area contributed by atoms with Crippen molar-refractivity contribution in [1.29, 1.82) is 0 Å². The van der Waals surface area contributed by atoms with Gasteiger partial charge in [0.05, 0.1) is 10.9 Å². The lowest BCUT2D eigenvalue weighted by Crippen LogP contribution is -2.32. The van der Waals surface area contributed by atoms with Gasteiger partial charge in [-0.05, 0) is 48.5 Å². The highest BCUT2D eigenvalue weighted by molar-refractivity contribution is 7.90. The van der Waals surface area contributed by atoms with E-state index in [1.54, 1.807) is 18.2 Å². The molecule has 27 heavy (non-hydrogen) atoms. The topological polar surface area (TPSA) is 67.4 Å². The fourth-order valence-electron chi connectivity index (χ4n) is 2.51. The number of anilines is 1. The van der Waals surface area contributed by atoms with Crippen LogP contribution in [0.1, 0.15) is 24.9 Å². The van der Waals surface area contributed by atoms with Crippen molar-refractivity contribution in [3.05, 3.63) is 66.7 Å². The Balaban J connectivity index is 2.03. The smallest absolute Gasteiger partial charge is 0.175 e. The molecule has 0 heterocycles. The lowest BCUT2D eigenvalue weighted by molar-refractivity contribution is 0.363. The normalized spacial score (nSPS) is 12.1. The Morgan fingerprint density at radius 3 is 2.56 bits per heavy atom. The highest BCUT2D eigenvalue weighted by Crippen LogP contribution is 2.21. The summed E-state index contributed by atoms with van der Waals surface area (Å²) in [6.45, 7) is 6.11. The summed E-state index contributed by atoms with van der Waals surface area (Å²) < 4.78 is 28.7. The molecule has 0 aliphatic heterocycles. The van der Waals surface area contributed by atoms with Crippen LogP contribution in [-0.4, -0.2) is 26.4 Å². The standard InChI is InChI=1S/C20H24N2O3S2/c1-4-13-25-17-8-6-7-16(14-17)21-20(26)22-19(5-2)15-9-11-18(12-10-15)27(3,23)24/h4,6-12,14,19H,1,5,13H2,2-3H3,(H2,21,22,26). The average molecular weight is 405 g/mol. The van der Waals surface area contributed by atoms with Crippen LogP contribution >= 0.6 is 12.2 Å². The van der Waals surface area contributed by atoms with Crippen molar-refractivity contribution >= 4 is 32.9 Å². The lowest BCUT2D eigenvalue weighted by Gasteiger charge is -2.20. The van der Waals surface area contributed by atoms with E-state index in [2.05, 4.69) is 17.2 Å². The molecule has 2 rings (SSSR count). The zero-order valence-electron chi connectivity index (χ0n) is 15.4. The van der Waals surface area contributed by atoms with E-state index in [1.165, 1.54) is 6.26 Å². The van der Waals surface area contributed by atoms with Crippen LogP contribution < -0.4 is 15.4 Å². The minimum Gasteiger partial charge on any atom is -0.489 e. The second-order valence-electron chi connectivity index (χ2n) is 6.03. The SMILES string of the molecule is C=CCOc1cccc(NC(=S)NC(CC)c2ccc(S(C)(=O)=O)cc2)c1. The number of benzene rings is 2. The summed E-state index contributed by atoms with van der Waals surface area (Å²) in [5.74, 6) is 0.728. The Hall–Kier alpha value is -2.38.